The largest absolute Gasteiger partial charge is 0.479 e. The van der Waals surface area contributed by atoms with Crippen molar-refractivity contribution in [1.82, 2.24) is 10.3 Å². The molecule has 3 rings (SSSR count). The van der Waals surface area contributed by atoms with Gasteiger partial charge in [0.15, 0.2) is 17.7 Å². The number of hydrogen-bond acceptors (Lipinski definition) is 3. The molecule has 0 saturated heterocycles. The molecule has 3 aromatic rings. The first kappa shape index (κ1) is 16.5. The maximum atomic E-state index is 13.4. The normalized spacial score (nSPS) is 11.9. The van der Waals surface area contributed by atoms with E-state index in [1.165, 1.54) is 6.07 Å². The molecule has 0 aliphatic rings. The SMILES string of the molecule is O=C(NC(C(=O)O)c1ccc(F)c(F)c1)c1ccc2ncccc2c1. The lowest BCUT2D eigenvalue weighted by Gasteiger charge is -2.15. The van der Waals surface area contributed by atoms with Crippen molar-refractivity contribution in [3.05, 3.63) is 77.5 Å². The fraction of sp³-hybridized carbons (Fsp3) is 0.0556. The summed E-state index contributed by atoms with van der Waals surface area (Å²) in [6, 6.07) is 9.37. The maximum absolute atomic E-state index is 13.4. The van der Waals surface area contributed by atoms with E-state index in [4.69, 9.17) is 0 Å². The van der Waals surface area contributed by atoms with Gasteiger partial charge in [0.2, 0.25) is 0 Å². The number of nitrogens with one attached hydrogen (secondary N) is 1. The minimum atomic E-state index is -1.51. The molecular weight excluding hydrogens is 330 g/mol. The predicted molar refractivity (Wildman–Crippen MR) is 85.9 cm³/mol. The molecule has 25 heavy (non-hydrogen) atoms. The molecule has 0 aliphatic carbocycles. The monoisotopic (exact) mass is 342 g/mol. The van der Waals surface area contributed by atoms with Crippen LogP contribution in [0.5, 0.6) is 0 Å². The number of hydrogen-bond donors (Lipinski definition) is 2. The molecule has 5 nitrogen and oxygen atoms in total. The van der Waals surface area contributed by atoms with Crippen LogP contribution < -0.4 is 5.32 Å². The number of aromatic nitrogens is 1. The van der Waals surface area contributed by atoms with E-state index in [9.17, 15) is 23.5 Å². The van der Waals surface area contributed by atoms with Crippen LogP contribution in [-0.4, -0.2) is 22.0 Å². The first-order valence-electron chi connectivity index (χ1n) is 7.29. The number of carbonyl (C=O) groups is 2. The van der Waals surface area contributed by atoms with E-state index < -0.39 is 29.6 Å². The number of aliphatic carboxylic acids is 1. The first-order chi connectivity index (χ1) is 12.0. The minimum absolute atomic E-state index is 0.0674. The van der Waals surface area contributed by atoms with Crippen LogP contribution in [0, 0.1) is 11.6 Å². The molecule has 2 N–H and O–H groups in total. The van der Waals surface area contributed by atoms with Crippen LogP contribution in [0.3, 0.4) is 0 Å². The van der Waals surface area contributed by atoms with Gasteiger partial charge >= 0.3 is 5.97 Å². The lowest BCUT2D eigenvalue weighted by molar-refractivity contribution is -0.139. The highest BCUT2D eigenvalue weighted by Crippen LogP contribution is 2.19. The number of nitrogens with zero attached hydrogens (tertiary/aromatic N) is 1. The van der Waals surface area contributed by atoms with Crippen LogP contribution in [0.2, 0.25) is 0 Å². The van der Waals surface area contributed by atoms with Gasteiger partial charge in [0.1, 0.15) is 0 Å². The molecule has 1 amide bonds. The zero-order chi connectivity index (χ0) is 18.0. The fourth-order valence-electron chi connectivity index (χ4n) is 2.41. The Morgan fingerprint density at radius 1 is 1.04 bits per heavy atom. The lowest BCUT2D eigenvalue weighted by Crippen LogP contribution is -2.33. The number of carbonyl (C=O) groups excluding carboxylic acids is 1. The third-order valence-electron chi connectivity index (χ3n) is 3.66. The third-order valence-corrected chi connectivity index (χ3v) is 3.66. The van der Waals surface area contributed by atoms with E-state index in [0.29, 0.717) is 5.52 Å². The fourth-order valence-corrected chi connectivity index (χ4v) is 2.41. The van der Waals surface area contributed by atoms with Gasteiger partial charge in [0.05, 0.1) is 5.52 Å². The second kappa shape index (κ2) is 6.64. The molecule has 0 spiro atoms. The van der Waals surface area contributed by atoms with Crippen molar-refractivity contribution in [2.45, 2.75) is 6.04 Å². The van der Waals surface area contributed by atoms with Gasteiger partial charge in [-0.1, -0.05) is 12.1 Å². The summed E-state index contributed by atoms with van der Waals surface area (Å²) in [7, 11) is 0. The van der Waals surface area contributed by atoms with Crippen molar-refractivity contribution in [2.24, 2.45) is 0 Å². The van der Waals surface area contributed by atoms with E-state index in [2.05, 4.69) is 10.3 Å². The molecule has 0 radical (unpaired) electrons. The van der Waals surface area contributed by atoms with E-state index in [-0.39, 0.29) is 11.1 Å². The second-order valence-corrected chi connectivity index (χ2v) is 5.33. The molecule has 7 heteroatoms. The summed E-state index contributed by atoms with van der Waals surface area (Å²) in [4.78, 5) is 27.9. The van der Waals surface area contributed by atoms with E-state index in [1.807, 2.05) is 0 Å². The summed E-state index contributed by atoms with van der Waals surface area (Å²) in [5.74, 6) is -4.32. The molecule has 2 aromatic carbocycles. The molecule has 1 heterocycles. The van der Waals surface area contributed by atoms with Crippen LogP contribution in [0.4, 0.5) is 8.78 Å². The van der Waals surface area contributed by atoms with Crippen LogP contribution in [0.15, 0.2) is 54.7 Å². The number of amides is 1. The van der Waals surface area contributed by atoms with Crippen molar-refractivity contribution in [2.75, 3.05) is 0 Å². The van der Waals surface area contributed by atoms with Gasteiger partial charge in [0, 0.05) is 17.1 Å². The molecule has 0 saturated carbocycles. The number of rotatable bonds is 4. The summed E-state index contributed by atoms with van der Waals surface area (Å²) >= 11 is 0. The highest BCUT2D eigenvalue weighted by molar-refractivity contribution is 5.99. The zero-order valence-corrected chi connectivity index (χ0v) is 12.7. The first-order valence-corrected chi connectivity index (χ1v) is 7.29. The quantitative estimate of drug-likeness (QED) is 0.764. The topological polar surface area (TPSA) is 79.3 Å². The Kier molecular flexibility index (Phi) is 4.38. The summed E-state index contributed by atoms with van der Waals surface area (Å²) in [5, 5.41) is 12.3. The zero-order valence-electron chi connectivity index (χ0n) is 12.7. The van der Waals surface area contributed by atoms with Crippen LogP contribution in [0.25, 0.3) is 10.9 Å². The van der Waals surface area contributed by atoms with Crippen LogP contribution >= 0.6 is 0 Å². The van der Waals surface area contributed by atoms with E-state index >= 15 is 0 Å². The van der Waals surface area contributed by atoms with Gasteiger partial charge in [-0.3, -0.25) is 9.78 Å². The Morgan fingerprint density at radius 3 is 2.56 bits per heavy atom. The minimum Gasteiger partial charge on any atom is -0.479 e. The molecule has 0 fully saturated rings. The number of halogens is 2. The number of fused-ring (bicyclic) bond motifs is 1. The number of carboxylic acids is 1. The van der Waals surface area contributed by atoms with Gasteiger partial charge in [-0.15, -0.1) is 0 Å². The van der Waals surface area contributed by atoms with E-state index in [1.54, 1.807) is 30.5 Å². The Balaban J connectivity index is 1.89. The van der Waals surface area contributed by atoms with Gasteiger partial charge < -0.3 is 10.4 Å². The second-order valence-electron chi connectivity index (χ2n) is 5.33. The maximum Gasteiger partial charge on any atom is 0.330 e. The summed E-state index contributed by atoms with van der Waals surface area (Å²) in [6.45, 7) is 0. The Bertz CT molecular complexity index is 975. The number of pyridine rings is 1. The predicted octanol–water partition coefficient (Wildman–Crippen LogP) is 3.07. The van der Waals surface area contributed by atoms with Crippen molar-refractivity contribution < 1.29 is 23.5 Å². The third kappa shape index (κ3) is 3.45. The summed E-state index contributed by atoms with van der Waals surface area (Å²) < 4.78 is 26.4. The van der Waals surface area contributed by atoms with Crippen LogP contribution in [0.1, 0.15) is 22.0 Å². The number of benzene rings is 2. The summed E-state index contributed by atoms with van der Waals surface area (Å²) in [6.07, 6.45) is 1.62. The Labute approximate surface area is 140 Å². The number of carboxylic acid groups (broad SMARTS) is 1. The molecule has 1 unspecified atom stereocenters. The van der Waals surface area contributed by atoms with Gasteiger partial charge in [-0.2, -0.15) is 0 Å². The highest BCUT2D eigenvalue weighted by atomic mass is 19.2. The molecular formula is C18H12F2N2O3. The van der Waals surface area contributed by atoms with Crippen molar-refractivity contribution in [1.29, 1.82) is 0 Å². The van der Waals surface area contributed by atoms with Gasteiger partial charge in [-0.05, 0) is 42.0 Å². The van der Waals surface area contributed by atoms with Crippen LogP contribution in [-0.2, 0) is 4.79 Å². The standard InChI is InChI=1S/C18H12F2N2O3/c19-13-5-3-11(9-14(13)20)16(18(24)25)22-17(23)12-4-6-15-10(8-12)2-1-7-21-15/h1-9,16H,(H,22,23)(H,24,25). The van der Waals surface area contributed by atoms with Gasteiger partial charge in [-0.25, -0.2) is 13.6 Å². The Hall–Kier alpha value is -3.35. The molecule has 0 bridgehead atoms. The summed E-state index contributed by atoms with van der Waals surface area (Å²) in [5.41, 5.74) is 0.853. The molecule has 1 aromatic heterocycles. The average molecular weight is 342 g/mol. The van der Waals surface area contributed by atoms with Crippen molar-refractivity contribution >= 4 is 22.8 Å². The van der Waals surface area contributed by atoms with Gasteiger partial charge in [0.25, 0.3) is 5.91 Å². The highest BCUT2D eigenvalue weighted by Gasteiger charge is 2.24. The van der Waals surface area contributed by atoms with Crippen molar-refractivity contribution in [3.63, 3.8) is 0 Å². The average Bonchev–Trinajstić information content (AvgIpc) is 2.61. The molecule has 0 aliphatic heterocycles. The van der Waals surface area contributed by atoms with E-state index in [0.717, 1.165) is 23.6 Å². The lowest BCUT2D eigenvalue weighted by atomic mass is 10.1. The van der Waals surface area contributed by atoms with Crippen molar-refractivity contribution in [3.8, 4) is 0 Å². The molecule has 126 valence electrons. The molecule has 1 atom stereocenters. The smallest absolute Gasteiger partial charge is 0.330 e. The Morgan fingerprint density at radius 2 is 1.84 bits per heavy atom.